The molecule has 2 atom stereocenters. The number of thiazole rings is 1. The SMILES string of the molecule is Cc1nc(C)c(C(C)N2CCCC(N)C2)s1. The van der Waals surface area contributed by atoms with E-state index in [1.165, 1.54) is 35.0 Å². The first kappa shape index (κ1) is 12.0. The van der Waals surface area contributed by atoms with Crippen molar-refractivity contribution in [1.29, 1.82) is 0 Å². The first-order valence-corrected chi connectivity index (χ1v) is 6.83. The zero-order valence-corrected chi connectivity index (χ0v) is 11.2. The van der Waals surface area contributed by atoms with Crippen molar-refractivity contribution in [3.05, 3.63) is 15.6 Å². The van der Waals surface area contributed by atoms with Crippen LogP contribution in [0.25, 0.3) is 0 Å². The first-order chi connectivity index (χ1) is 7.58. The number of hydrogen-bond acceptors (Lipinski definition) is 4. The molecular formula is C12H21N3S. The van der Waals surface area contributed by atoms with Gasteiger partial charge in [-0.15, -0.1) is 11.3 Å². The lowest BCUT2D eigenvalue weighted by molar-refractivity contribution is 0.161. The molecule has 1 aromatic rings. The fraction of sp³-hybridized carbons (Fsp3) is 0.750. The van der Waals surface area contributed by atoms with Gasteiger partial charge in [0.1, 0.15) is 0 Å². The molecule has 2 N–H and O–H groups in total. The standard InChI is InChI=1S/C12H21N3S/c1-8-12(16-10(3)14-8)9(2)15-6-4-5-11(13)7-15/h9,11H,4-7,13H2,1-3H3. The van der Waals surface area contributed by atoms with Gasteiger partial charge in [0.15, 0.2) is 0 Å². The van der Waals surface area contributed by atoms with Crippen LogP contribution in [-0.4, -0.2) is 29.0 Å². The van der Waals surface area contributed by atoms with Gasteiger partial charge in [0, 0.05) is 23.5 Å². The minimum absolute atomic E-state index is 0.352. The highest BCUT2D eigenvalue weighted by Gasteiger charge is 2.24. The molecule has 2 unspecified atom stereocenters. The lowest BCUT2D eigenvalue weighted by Crippen LogP contribution is -2.43. The topological polar surface area (TPSA) is 42.2 Å². The third kappa shape index (κ3) is 2.44. The van der Waals surface area contributed by atoms with E-state index >= 15 is 0 Å². The van der Waals surface area contributed by atoms with E-state index in [-0.39, 0.29) is 0 Å². The van der Waals surface area contributed by atoms with Crippen molar-refractivity contribution in [3.63, 3.8) is 0 Å². The molecule has 0 spiro atoms. The number of rotatable bonds is 2. The van der Waals surface area contributed by atoms with Crippen LogP contribution >= 0.6 is 11.3 Å². The van der Waals surface area contributed by atoms with E-state index in [1.807, 2.05) is 11.3 Å². The van der Waals surface area contributed by atoms with Crippen LogP contribution in [0.3, 0.4) is 0 Å². The Morgan fingerprint density at radius 2 is 2.25 bits per heavy atom. The van der Waals surface area contributed by atoms with Crippen molar-refractivity contribution in [2.24, 2.45) is 5.73 Å². The number of likely N-dealkylation sites (tertiary alicyclic amines) is 1. The van der Waals surface area contributed by atoms with E-state index in [4.69, 9.17) is 5.73 Å². The summed E-state index contributed by atoms with van der Waals surface area (Å²) in [6.07, 6.45) is 2.40. The Balaban J connectivity index is 2.11. The third-order valence-corrected chi connectivity index (χ3v) is 4.60. The molecule has 2 heterocycles. The molecule has 2 rings (SSSR count). The smallest absolute Gasteiger partial charge is 0.0900 e. The molecule has 0 aliphatic carbocycles. The first-order valence-electron chi connectivity index (χ1n) is 6.01. The highest BCUT2D eigenvalue weighted by atomic mass is 32.1. The molecular weight excluding hydrogens is 218 g/mol. The quantitative estimate of drug-likeness (QED) is 0.860. The Labute approximate surface area is 102 Å². The molecule has 0 aromatic carbocycles. The van der Waals surface area contributed by atoms with Gasteiger partial charge in [0.05, 0.1) is 10.7 Å². The summed E-state index contributed by atoms with van der Waals surface area (Å²) in [6, 6.07) is 0.822. The van der Waals surface area contributed by atoms with Crippen molar-refractivity contribution < 1.29 is 0 Å². The van der Waals surface area contributed by atoms with Gasteiger partial charge in [-0.1, -0.05) is 0 Å². The maximum absolute atomic E-state index is 6.03. The van der Waals surface area contributed by atoms with Crippen molar-refractivity contribution in [3.8, 4) is 0 Å². The van der Waals surface area contributed by atoms with Crippen molar-refractivity contribution in [2.45, 2.75) is 45.7 Å². The molecule has 0 radical (unpaired) electrons. The van der Waals surface area contributed by atoms with E-state index in [0.717, 1.165) is 6.54 Å². The predicted molar refractivity (Wildman–Crippen MR) is 68.8 cm³/mol. The second kappa shape index (κ2) is 4.82. The fourth-order valence-corrected chi connectivity index (χ4v) is 3.51. The van der Waals surface area contributed by atoms with Gasteiger partial charge in [-0.2, -0.15) is 0 Å². The second-order valence-electron chi connectivity index (χ2n) is 4.76. The number of nitrogens with zero attached hydrogens (tertiary/aromatic N) is 2. The Morgan fingerprint density at radius 1 is 1.50 bits per heavy atom. The van der Waals surface area contributed by atoms with Gasteiger partial charge in [-0.3, -0.25) is 4.90 Å². The van der Waals surface area contributed by atoms with Crippen LogP contribution in [-0.2, 0) is 0 Å². The molecule has 1 aromatic heterocycles. The summed E-state index contributed by atoms with van der Waals surface area (Å²) in [7, 11) is 0. The molecule has 3 nitrogen and oxygen atoms in total. The van der Waals surface area contributed by atoms with E-state index in [1.54, 1.807) is 0 Å². The number of nitrogens with two attached hydrogens (primary N) is 1. The van der Waals surface area contributed by atoms with Crippen molar-refractivity contribution in [1.82, 2.24) is 9.88 Å². The van der Waals surface area contributed by atoms with Gasteiger partial charge >= 0.3 is 0 Å². The minimum atomic E-state index is 0.352. The summed E-state index contributed by atoms with van der Waals surface area (Å²) >= 11 is 1.82. The Morgan fingerprint density at radius 3 is 2.81 bits per heavy atom. The Hall–Kier alpha value is -0.450. The van der Waals surface area contributed by atoms with E-state index < -0.39 is 0 Å². The fourth-order valence-electron chi connectivity index (χ4n) is 2.49. The lowest BCUT2D eigenvalue weighted by Gasteiger charge is -2.35. The van der Waals surface area contributed by atoms with Crippen LogP contribution in [0.1, 0.15) is 41.4 Å². The molecule has 0 amide bonds. The zero-order chi connectivity index (χ0) is 11.7. The summed E-state index contributed by atoms with van der Waals surface area (Å²) in [6.45, 7) is 8.66. The van der Waals surface area contributed by atoms with Crippen LogP contribution < -0.4 is 5.73 Å². The summed E-state index contributed by atoms with van der Waals surface area (Å²) in [5.41, 5.74) is 7.22. The number of aryl methyl sites for hydroxylation is 2. The molecule has 1 aliphatic heterocycles. The largest absolute Gasteiger partial charge is 0.327 e. The van der Waals surface area contributed by atoms with Gasteiger partial charge in [0.2, 0.25) is 0 Å². The molecule has 0 saturated carbocycles. The average Bonchev–Trinajstić information content (AvgIpc) is 2.57. The Bertz CT molecular complexity index is 361. The zero-order valence-electron chi connectivity index (χ0n) is 10.4. The number of piperidine rings is 1. The summed E-state index contributed by atoms with van der Waals surface area (Å²) in [4.78, 5) is 8.41. The van der Waals surface area contributed by atoms with Crippen molar-refractivity contribution >= 4 is 11.3 Å². The third-order valence-electron chi connectivity index (χ3n) is 3.36. The number of aromatic nitrogens is 1. The van der Waals surface area contributed by atoms with Crippen LogP contribution in [0, 0.1) is 13.8 Å². The van der Waals surface area contributed by atoms with Crippen molar-refractivity contribution in [2.75, 3.05) is 13.1 Å². The van der Waals surface area contributed by atoms with Gasteiger partial charge in [-0.05, 0) is 40.2 Å². The lowest BCUT2D eigenvalue weighted by atomic mass is 10.0. The predicted octanol–water partition coefficient (Wildman–Crippen LogP) is 2.24. The van der Waals surface area contributed by atoms with E-state index in [9.17, 15) is 0 Å². The second-order valence-corrected chi connectivity index (χ2v) is 5.99. The maximum Gasteiger partial charge on any atom is 0.0900 e. The molecule has 1 saturated heterocycles. The van der Waals surface area contributed by atoms with E-state index in [0.29, 0.717) is 12.1 Å². The minimum Gasteiger partial charge on any atom is -0.327 e. The van der Waals surface area contributed by atoms with Crippen LogP contribution in [0.2, 0.25) is 0 Å². The highest BCUT2D eigenvalue weighted by Crippen LogP contribution is 2.30. The van der Waals surface area contributed by atoms with Crippen LogP contribution in [0.15, 0.2) is 0 Å². The number of hydrogen-bond donors (Lipinski definition) is 1. The maximum atomic E-state index is 6.03. The molecule has 1 aliphatic rings. The highest BCUT2D eigenvalue weighted by molar-refractivity contribution is 7.11. The Kier molecular flexibility index (Phi) is 3.62. The average molecular weight is 239 g/mol. The monoisotopic (exact) mass is 239 g/mol. The van der Waals surface area contributed by atoms with Gasteiger partial charge in [0.25, 0.3) is 0 Å². The molecule has 1 fully saturated rings. The van der Waals surface area contributed by atoms with Crippen LogP contribution in [0.5, 0.6) is 0 Å². The normalized spacial score (nSPS) is 24.6. The summed E-state index contributed by atoms with van der Waals surface area (Å²) < 4.78 is 0. The van der Waals surface area contributed by atoms with E-state index in [2.05, 4.69) is 30.7 Å². The molecule has 0 bridgehead atoms. The summed E-state index contributed by atoms with van der Waals surface area (Å²) in [5, 5.41) is 1.17. The van der Waals surface area contributed by atoms with Gasteiger partial charge in [-0.25, -0.2) is 4.98 Å². The van der Waals surface area contributed by atoms with Crippen LogP contribution in [0.4, 0.5) is 0 Å². The summed E-state index contributed by atoms with van der Waals surface area (Å²) in [5.74, 6) is 0. The van der Waals surface area contributed by atoms with Gasteiger partial charge < -0.3 is 5.73 Å². The molecule has 16 heavy (non-hydrogen) atoms. The molecule has 4 heteroatoms. The molecule has 90 valence electrons.